The first-order valence-electron chi connectivity index (χ1n) is 12.6. The predicted octanol–water partition coefficient (Wildman–Crippen LogP) is 5.21. The Hall–Kier alpha value is -2.86. The number of fused-ring (bicyclic) bond motifs is 1. The van der Waals surface area contributed by atoms with Crippen LogP contribution in [-0.2, 0) is 6.54 Å². The van der Waals surface area contributed by atoms with Gasteiger partial charge in [-0.1, -0.05) is 0 Å². The van der Waals surface area contributed by atoms with E-state index in [2.05, 4.69) is 9.97 Å². The molecule has 1 aromatic rings. The highest BCUT2D eigenvalue weighted by Gasteiger charge is 2.38. The minimum absolute atomic E-state index is 0.119. The van der Waals surface area contributed by atoms with Gasteiger partial charge in [-0.05, 0) is 87.4 Å². The smallest absolute Gasteiger partial charge is 0.407 e. The second-order valence-corrected chi connectivity index (χ2v) is 12.5. The third-order valence-corrected chi connectivity index (χ3v) is 8.73. The average molecular weight is 561 g/mol. The summed E-state index contributed by atoms with van der Waals surface area (Å²) in [6, 6.07) is 5.43. The van der Waals surface area contributed by atoms with E-state index in [1.807, 2.05) is 55.3 Å². The summed E-state index contributed by atoms with van der Waals surface area (Å²) in [5, 5.41) is 10.7. The maximum Gasteiger partial charge on any atom is 0.407 e. The van der Waals surface area contributed by atoms with Crippen LogP contribution in [0.3, 0.4) is 0 Å². The SMILES string of the molecule is COc1ccc(OC)c(Sc2nc3c(N)ncn(CCC(C4CCSCC4)N(C(=O)O)C(C)(C)C)c-3n2)c1. The maximum atomic E-state index is 12.4. The Morgan fingerprint density at radius 2 is 2.00 bits per heavy atom. The summed E-state index contributed by atoms with van der Waals surface area (Å²) in [6.45, 7) is 6.42. The van der Waals surface area contributed by atoms with Crippen LogP contribution in [0.15, 0.2) is 34.6 Å². The molecule has 206 valence electrons. The standard InChI is InChI=1S/C26H36N6O4S2/c1-26(2,3)32(25(33)34)18(16-9-12-37-13-10-16)8-11-31-15-28-22(27)21-23(31)30-24(29-21)38-20-14-17(35-4)6-7-19(20)36-5/h6-7,14-16,18H,8-13,27H2,1-5H3,(H,33,34). The molecule has 1 atom stereocenters. The number of hydrogen-bond acceptors (Lipinski definition) is 9. The Morgan fingerprint density at radius 1 is 1.26 bits per heavy atom. The number of methoxy groups -OCH3 is 2. The van der Waals surface area contributed by atoms with Crippen LogP contribution in [0.25, 0.3) is 11.5 Å². The van der Waals surface area contributed by atoms with Crippen LogP contribution in [0.4, 0.5) is 10.6 Å². The number of aryl methyl sites for hydroxylation is 1. The first kappa shape index (κ1) is 28.2. The summed E-state index contributed by atoms with van der Waals surface area (Å²) in [4.78, 5) is 28.7. The molecule has 3 aliphatic heterocycles. The largest absolute Gasteiger partial charge is 0.497 e. The second-order valence-electron chi connectivity index (χ2n) is 10.2. The van der Waals surface area contributed by atoms with Crippen molar-refractivity contribution >= 4 is 35.4 Å². The molecule has 0 aliphatic carbocycles. The molecule has 1 saturated heterocycles. The summed E-state index contributed by atoms with van der Waals surface area (Å²) in [5.74, 6) is 4.74. The van der Waals surface area contributed by atoms with Gasteiger partial charge < -0.3 is 29.8 Å². The van der Waals surface area contributed by atoms with E-state index in [0.29, 0.717) is 52.9 Å². The van der Waals surface area contributed by atoms with E-state index >= 15 is 0 Å². The van der Waals surface area contributed by atoms with Crippen molar-refractivity contribution in [1.29, 1.82) is 0 Å². The summed E-state index contributed by atoms with van der Waals surface area (Å²) in [6.07, 6.45) is 3.44. The molecule has 0 spiro atoms. The summed E-state index contributed by atoms with van der Waals surface area (Å²) in [5.41, 5.74) is 6.19. The number of anilines is 1. The highest BCUT2D eigenvalue weighted by atomic mass is 32.2. The Balaban J connectivity index is 1.63. The molecule has 0 saturated carbocycles. The van der Waals surface area contributed by atoms with Crippen molar-refractivity contribution in [3.05, 3.63) is 24.5 Å². The van der Waals surface area contributed by atoms with Gasteiger partial charge in [0.2, 0.25) is 0 Å². The molecule has 0 bridgehead atoms. The number of aromatic nitrogens is 4. The first-order valence-corrected chi connectivity index (χ1v) is 14.6. The van der Waals surface area contributed by atoms with E-state index in [9.17, 15) is 9.90 Å². The molecule has 3 aliphatic rings. The molecule has 1 fully saturated rings. The summed E-state index contributed by atoms with van der Waals surface area (Å²) < 4.78 is 12.8. The number of nitrogens with two attached hydrogens (primary N) is 1. The Morgan fingerprint density at radius 3 is 2.63 bits per heavy atom. The average Bonchev–Trinajstić information content (AvgIpc) is 3.31. The van der Waals surface area contributed by atoms with Crippen molar-refractivity contribution in [3.8, 4) is 23.0 Å². The highest BCUT2D eigenvalue weighted by molar-refractivity contribution is 7.99. The molecule has 12 heteroatoms. The topological polar surface area (TPSA) is 129 Å². The Kier molecular flexibility index (Phi) is 8.81. The minimum atomic E-state index is -0.884. The van der Waals surface area contributed by atoms with E-state index < -0.39 is 11.6 Å². The molecular formula is C26H36N6O4S2. The van der Waals surface area contributed by atoms with Gasteiger partial charge in [0.15, 0.2) is 22.5 Å². The summed E-state index contributed by atoms with van der Waals surface area (Å²) >= 11 is 3.30. The van der Waals surface area contributed by atoms with Crippen LogP contribution in [0.2, 0.25) is 0 Å². The molecule has 10 nitrogen and oxygen atoms in total. The lowest BCUT2D eigenvalue weighted by Gasteiger charge is -2.44. The molecule has 38 heavy (non-hydrogen) atoms. The van der Waals surface area contributed by atoms with Crippen LogP contribution in [0.1, 0.15) is 40.0 Å². The zero-order chi connectivity index (χ0) is 27.4. The molecule has 3 N–H and O–H groups in total. The molecule has 0 aromatic heterocycles. The van der Waals surface area contributed by atoms with Crippen molar-refractivity contribution in [3.63, 3.8) is 0 Å². The monoisotopic (exact) mass is 560 g/mol. The number of thioether (sulfide) groups is 1. The Bertz CT molecular complexity index is 1220. The van der Waals surface area contributed by atoms with Gasteiger partial charge in [-0.15, -0.1) is 0 Å². The van der Waals surface area contributed by atoms with E-state index in [4.69, 9.17) is 20.2 Å². The number of nitrogens with zero attached hydrogens (tertiary/aromatic N) is 5. The van der Waals surface area contributed by atoms with Crippen LogP contribution in [-0.4, -0.2) is 72.9 Å². The lowest BCUT2D eigenvalue weighted by atomic mass is 9.87. The molecule has 3 heterocycles. The van der Waals surface area contributed by atoms with Crippen molar-refractivity contribution in [2.45, 2.75) is 68.2 Å². The van der Waals surface area contributed by atoms with Crippen LogP contribution in [0.5, 0.6) is 11.5 Å². The van der Waals surface area contributed by atoms with Crippen molar-refractivity contribution in [2.75, 3.05) is 31.5 Å². The van der Waals surface area contributed by atoms with Gasteiger partial charge in [0.05, 0.1) is 25.4 Å². The second kappa shape index (κ2) is 11.9. The number of amides is 1. The number of benzene rings is 1. The quantitative estimate of drug-likeness (QED) is 0.360. The van der Waals surface area contributed by atoms with Gasteiger partial charge in [0.25, 0.3) is 0 Å². The zero-order valence-electron chi connectivity index (χ0n) is 22.5. The first-order chi connectivity index (χ1) is 18.1. The van der Waals surface area contributed by atoms with Crippen molar-refractivity contribution in [1.82, 2.24) is 24.4 Å². The van der Waals surface area contributed by atoms with Crippen LogP contribution in [0, 0.1) is 5.92 Å². The maximum absolute atomic E-state index is 12.4. The molecule has 0 radical (unpaired) electrons. The minimum Gasteiger partial charge on any atom is -0.497 e. The number of carbonyl (C=O) groups is 1. The molecule has 1 amide bonds. The summed E-state index contributed by atoms with van der Waals surface area (Å²) in [7, 11) is 3.23. The normalized spacial score (nSPS) is 15.4. The van der Waals surface area contributed by atoms with Gasteiger partial charge in [-0.2, -0.15) is 11.8 Å². The number of rotatable bonds is 9. The third-order valence-electron chi connectivity index (χ3n) is 6.78. The van der Waals surface area contributed by atoms with Gasteiger partial charge >= 0.3 is 6.09 Å². The number of hydrogen-bond donors (Lipinski definition) is 2. The number of nitrogen functional groups attached to an aromatic ring is 1. The van der Waals surface area contributed by atoms with Gasteiger partial charge in [-0.3, -0.25) is 0 Å². The Labute approximate surface area is 232 Å². The van der Waals surface area contributed by atoms with Gasteiger partial charge in [-0.25, -0.2) is 19.7 Å². The lowest BCUT2D eigenvalue weighted by Crippen LogP contribution is -2.54. The van der Waals surface area contributed by atoms with Gasteiger partial charge in [0, 0.05) is 18.1 Å². The van der Waals surface area contributed by atoms with Gasteiger partial charge in [0.1, 0.15) is 11.5 Å². The molecule has 1 aromatic carbocycles. The van der Waals surface area contributed by atoms with E-state index in [0.717, 1.165) is 29.2 Å². The fraction of sp³-hybridized carbons (Fsp3) is 0.538. The fourth-order valence-corrected chi connectivity index (χ4v) is 7.01. The van der Waals surface area contributed by atoms with Crippen molar-refractivity contribution < 1.29 is 19.4 Å². The van der Waals surface area contributed by atoms with E-state index in [-0.39, 0.29) is 6.04 Å². The van der Waals surface area contributed by atoms with Crippen molar-refractivity contribution in [2.24, 2.45) is 5.92 Å². The molecule has 1 unspecified atom stereocenters. The van der Waals surface area contributed by atoms with Crippen LogP contribution < -0.4 is 15.2 Å². The van der Waals surface area contributed by atoms with E-state index in [1.165, 1.54) is 11.8 Å². The third kappa shape index (κ3) is 6.23. The number of imidazole rings is 1. The highest BCUT2D eigenvalue weighted by Crippen LogP contribution is 2.39. The lowest BCUT2D eigenvalue weighted by molar-refractivity contribution is 0.0409. The van der Waals surface area contributed by atoms with Crippen LogP contribution >= 0.6 is 23.5 Å². The number of carboxylic acid groups (broad SMARTS) is 1. The molecule has 4 rings (SSSR count). The molecular weight excluding hydrogens is 524 g/mol. The number of ether oxygens (including phenoxy) is 2. The van der Waals surface area contributed by atoms with E-state index in [1.54, 1.807) is 25.4 Å². The predicted molar refractivity (Wildman–Crippen MR) is 151 cm³/mol. The fourth-order valence-electron chi connectivity index (χ4n) is 4.98. The zero-order valence-corrected chi connectivity index (χ0v) is 24.1.